The lowest BCUT2D eigenvalue weighted by molar-refractivity contribution is -0.150. The predicted octanol–water partition coefficient (Wildman–Crippen LogP) is 3.97. The molecule has 5 nitrogen and oxygen atoms in total. The van der Waals surface area contributed by atoms with Crippen LogP contribution in [-0.4, -0.2) is 31.3 Å². The highest BCUT2D eigenvalue weighted by Crippen LogP contribution is 2.53. The van der Waals surface area contributed by atoms with Crippen LogP contribution < -0.4 is 4.74 Å². The third-order valence-corrected chi connectivity index (χ3v) is 6.31. The van der Waals surface area contributed by atoms with Gasteiger partial charge in [-0.05, 0) is 55.4 Å². The van der Waals surface area contributed by atoms with Crippen LogP contribution >= 0.6 is 0 Å². The molecule has 2 fully saturated rings. The summed E-state index contributed by atoms with van der Waals surface area (Å²) in [6.45, 7) is -0.314. The molecule has 2 aromatic rings. The molecule has 0 N–H and O–H groups in total. The first-order chi connectivity index (χ1) is 14.1. The highest BCUT2D eigenvalue weighted by atomic mass is 16.5. The van der Waals surface area contributed by atoms with Crippen LogP contribution in [0.3, 0.4) is 0 Å². The summed E-state index contributed by atoms with van der Waals surface area (Å²) in [6, 6.07) is 15.8. The van der Waals surface area contributed by atoms with Gasteiger partial charge in [0.05, 0.1) is 13.0 Å². The van der Waals surface area contributed by atoms with Crippen molar-refractivity contribution in [2.75, 3.05) is 13.7 Å². The molecule has 0 aliphatic heterocycles. The van der Waals surface area contributed by atoms with Crippen molar-refractivity contribution in [3.8, 4) is 5.75 Å². The molecule has 0 spiro atoms. The number of Topliss-reactive ketones (excluding diaryl/α,β-unsaturated/α-hetero) is 2. The topological polar surface area (TPSA) is 69.7 Å². The first-order valence-electron chi connectivity index (χ1n) is 10.0. The zero-order valence-corrected chi connectivity index (χ0v) is 16.4. The molecule has 0 unspecified atom stereocenters. The van der Waals surface area contributed by atoms with Gasteiger partial charge >= 0.3 is 5.97 Å². The Kier molecular flexibility index (Phi) is 5.47. The monoisotopic (exact) mass is 392 g/mol. The van der Waals surface area contributed by atoms with E-state index in [1.165, 1.54) is 0 Å². The Morgan fingerprint density at radius 2 is 1.52 bits per heavy atom. The van der Waals surface area contributed by atoms with Gasteiger partial charge in [-0.25, -0.2) is 0 Å². The second-order valence-electron chi connectivity index (χ2n) is 7.87. The Hall–Kier alpha value is -2.95. The molecular weight excluding hydrogens is 368 g/mol. The molecule has 4 atom stereocenters. The summed E-state index contributed by atoms with van der Waals surface area (Å²) < 4.78 is 10.5. The van der Waals surface area contributed by atoms with Gasteiger partial charge in [0, 0.05) is 17.0 Å². The molecule has 0 aromatic heterocycles. The van der Waals surface area contributed by atoms with Gasteiger partial charge in [0.2, 0.25) is 0 Å². The fourth-order valence-electron chi connectivity index (χ4n) is 4.90. The van der Waals surface area contributed by atoms with Crippen molar-refractivity contribution < 1.29 is 23.9 Å². The van der Waals surface area contributed by atoms with Crippen molar-refractivity contribution >= 4 is 17.5 Å². The van der Waals surface area contributed by atoms with Crippen molar-refractivity contribution in [3.05, 3.63) is 65.7 Å². The molecule has 0 radical (unpaired) electrons. The van der Waals surface area contributed by atoms with E-state index in [9.17, 15) is 14.4 Å². The van der Waals surface area contributed by atoms with Crippen LogP contribution in [0, 0.1) is 23.7 Å². The zero-order valence-electron chi connectivity index (χ0n) is 16.4. The molecule has 0 saturated heterocycles. The standard InChI is InChI=1S/C24H24O5/c1-28-19-11-9-15(10-12-19)20(25)14-29-24(27)22-18-8-7-17(13-18)21(22)23(26)16-5-3-2-4-6-16/h2-6,9-12,17-18,21-22H,7-8,13-14H2,1H3/t17-,18+,21-,22+/m0/s1. The predicted molar refractivity (Wildman–Crippen MR) is 107 cm³/mol. The summed E-state index contributed by atoms with van der Waals surface area (Å²) in [5.41, 5.74) is 1.10. The van der Waals surface area contributed by atoms with Gasteiger partial charge in [0.25, 0.3) is 0 Å². The van der Waals surface area contributed by atoms with E-state index in [0.29, 0.717) is 16.9 Å². The van der Waals surface area contributed by atoms with Gasteiger partial charge in [-0.1, -0.05) is 30.3 Å². The number of ketones is 2. The Labute approximate surface area is 170 Å². The van der Waals surface area contributed by atoms with Crippen molar-refractivity contribution in [2.45, 2.75) is 19.3 Å². The SMILES string of the molecule is COc1ccc(C(=O)COC(=O)[C@@H]2[C@@H]3CC[C@@H](C3)[C@@H]2C(=O)c2ccccc2)cc1. The van der Waals surface area contributed by atoms with E-state index < -0.39 is 11.9 Å². The Morgan fingerprint density at radius 3 is 2.17 bits per heavy atom. The molecule has 2 aromatic carbocycles. The molecule has 2 saturated carbocycles. The van der Waals surface area contributed by atoms with E-state index in [4.69, 9.17) is 9.47 Å². The minimum atomic E-state index is -0.454. The smallest absolute Gasteiger partial charge is 0.310 e. The van der Waals surface area contributed by atoms with Crippen LogP contribution in [0.25, 0.3) is 0 Å². The van der Waals surface area contributed by atoms with E-state index in [0.717, 1.165) is 19.3 Å². The maximum Gasteiger partial charge on any atom is 0.310 e. The van der Waals surface area contributed by atoms with Crippen molar-refractivity contribution in [3.63, 3.8) is 0 Å². The van der Waals surface area contributed by atoms with Crippen molar-refractivity contribution in [1.29, 1.82) is 0 Å². The van der Waals surface area contributed by atoms with Gasteiger partial charge in [-0.3, -0.25) is 14.4 Å². The second kappa shape index (κ2) is 8.19. The van der Waals surface area contributed by atoms with E-state index >= 15 is 0 Å². The van der Waals surface area contributed by atoms with Gasteiger partial charge in [-0.2, -0.15) is 0 Å². The van der Waals surface area contributed by atoms with Crippen LogP contribution in [0.2, 0.25) is 0 Å². The molecule has 2 aliphatic rings. The van der Waals surface area contributed by atoms with Crippen molar-refractivity contribution in [1.82, 2.24) is 0 Å². The van der Waals surface area contributed by atoms with Gasteiger partial charge in [-0.15, -0.1) is 0 Å². The molecule has 0 amide bonds. The highest BCUT2D eigenvalue weighted by molar-refractivity contribution is 6.01. The minimum absolute atomic E-state index is 0.0150. The molecular formula is C24H24O5. The zero-order chi connectivity index (χ0) is 20.4. The number of carbonyl (C=O) groups is 3. The average Bonchev–Trinajstić information content (AvgIpc) is 3.39. The molecule has 0 heterocycles. The lowest BCUT2D eigenvalue weighted by Crippen LogP contribution is -2.36. The fourth-order valence-corrected chi connectivity index (χ4v) is 4.90. The number of esters is 1. The molecule has 29 heavy (non-hydrogen) atoms. The number of hydrogen-bond acceptors (Lipinski definition) is 5. The van der Waals surface area contributed by atoms with Crippen LogP contribution in [0.4, 0.5) is 0 Å². The van der Waals surface area contributed by atoms with E-state index in [1.807, 2.05) is 18.2 Å². The number of methoxy groups -OCH3 is 1. The quantitative estimate of drug-likeness (QED) is 0.527. The van der Waals surface area contributed by atoms with Crippen LogP contribution in [0.1, 0.15) is 40.0 Å². The maximum absolute atomic E-state index is 13.1. The van der Waals surface area contributed by atoms with Crippen LogP contribution in [-0.2, 0) is 9.53 Å². The van der Waals surface area contributed by atoms with E-state index in [2.05, 4.69) is 0 Å². The summed E-state index contributed by atoms with van der Waals surface area (Å²) in [5.74, 6) is -0.430. The number of carbonyl (C=O) groups excluding carboxylic acids is 3. The van der Waals surface area contributed by atoms with Crippen LogP contribution in [0.5, 0.6) is 5.75 Å². The summed E-state index contributed by atoms with van der Waals surface area (Å²) in [7, 11) is 1.56. The second-order valence-corrected chi connectivity index (χ2v) is 7.87. The third-order valence-electron chi connectivity index (χ3n) is 6.31. The van der Waals surface area contributed by atoms with Gasteiger partial charge in [0.1, 0.15) is 5.75 Å². The van der Waals surface area contributed by atoms with Gasteiger partial charge in [0.15, 0.2) is 18.2 Å². The molecule has 150 valence electrons. The highest BCUT2D eigenvalue weighted by Gasteiger charge is 2.54. The lowest BCUT2D eigenvalue weighted by Gasteiger charge is -2.28. The van der Waals surface area contributed by atoms with Crippen molar-refractivity contribution in [2.24, 2.45) is 23.7 Å². The summed E-state index contributed by atoms with van der Waals surface area (Å²) in [6.07, 6.45) is 2.80. The number of ether oxygens (including phenoxy) is 2. The van der Waals surface area contributed by atoms with Gasteiger partial charge < -0.3 is 9.47 Å². The lowest BCUT2D eigenvalue weighted by atomic mass is 9.75. The molecule has 2 aliphatic carbocycles. The Morgan fingerprint density at radius 1 is 0.862 bits per heavy atom. The summed E-state index contributed by atoms with van der Waals surface area (Å²) >= 11 is 0. The van der Waals surface area contributed by atoms with E-state index in [-0.39, 0.29) is 35.9 Å². The number of fused-ring (bicyclic) bond motifs is 2. The van der Waals surface area contributed by atoms with Crippen LogP contribution in [0.15, 0.2) is 54.6 Å². The molecule has 4 rings (SSSR count). The Balaban J connectivity index is 1.43. The number of hydrogen-bond donors (Lipinski definition) is 0. The first kappa shape index (κ1) is 19.4. The fraction of sp³-hybridized carbons (Fsp3) is 0.375. The number of benzene rings is 2. The number of rotatable bonds is 7. The third kappa shape index (κ3) is 3.82. The normalized spacial score (nSPS) is 24.9. The summed E-state index contributed by atoms with van der Waals surface area (Å²) in [4.78, 5) is 38.3. The summed E-state index contributed by atoms with van der Waals surface area (Å²) in [5, 5.41) is 0. The molecule has 5 heteroatoms. The molecule has 2 bridgehead atoms. The minimum Gasteiger partial charge on any atom is -0.497 e. The Bertz CT molecular complexity index is 903. The largest absolute Gasteiger partial charge is 0.497 e. The first-order valence-corrected chi connectivity index (χ1v) is 10.0. The van der Waals surface area contributed by atoms with E-state index in [1.54, 1.807) is 43.5 Å². The maximum atomic E-state index is 13.1. The average molecular weight is 392 g/mol.